The maximum Gasteiger partial charge on any atom is 0.251 e. The van der Waals surface area contributed by atoms with Crippen LogP contribution in [0.15, 0.2) is 42.5 Å². The molecule has 0 saturated carbocycles. The summed E-state index contributed by atoms with van der Waals surface area (Å²) in [6.07, 6.45) is 1.92. The van der Waals surface area contributed by atoms with Gasteiger partial charge in [-0.2, -0.15) is 0 Å². The van der Waals surface area contributed by atoms with E-state index < -0.39 is 0 Å². The molecule has 170 valence electrons. The second kappa shape index (κ2) is 11.9. The van der Waals surface area contributed by atoms with Gasteiger partial charge in [0.2, 0.25) is 0 Å². The van der Waals surface area contributed by atoms with Crippen molar-refractivity contribution in [2.24, 2.45) is 11.8 Å². The molecule has 1 N–H and O–H groups in total. The monoisotopic (exact) mass is 424 g/mol. The topological polar surface area (TPSA) is 41.6 Å². The molecule has 0 aliphatic heterocycles. The van der Waals surface area contributed by atoms with Crippen molar-refractivity contribution in [3.8, 4) is 16.9 Å². The molecule has 0 fully saturated rings. The van der Waals surface area contributed by atoms with E-state index in [2.05, 4.69) is 62.2 Å². The third-order valence-corrected chi connectivity index (χ3v) is 5.13. The van der Waals surface area contributed by atoms with Gasteiger partial charge in [-0.25, -0.2) is 0 Å². The Morgan fingerprint density at radius 2 is 1.74 bits per heavy atom. The first-order chi connectivity index (χ1) is 14.7. The molecule has 31 heavy (non-hydrogen) atoms. The predicted octanol–water partition coefficient (Wildman–Crippen LogP) is 5.66. The van der Waals surface area contributed by atoms with Crippen molar-refractivity contribution in [1.29, 1.82) is 0 Å². The first-order valence-corrected chi connectivity index (χ1v) is 11.5. The number of hydrogen-bond donors (Lipinski definition) is 1. The lowest BCUT2D eigenvalue weighted by Gasteiger charge is -2.24. The number of nitrogens with zero attached hydrogens (tertiary/aromatic N) is 1. The molecule has 0 aliphatic carbocycles. The molecular weight excluding hydrogens is 384 g/mol. The van der Waals surface area contributed by atoms with Crippen LogP contribution in [0, 0.1) is 11.8 Å². The van der Waals surface area contributed by atoms with Crippen molar-refractivity contribution >= 4 is 5.91 Å². The highest BCUT2D eigenvalue weighted by molar-refractivity contribution is 5.96. The third kappa shape index (κ3) is 7.70. The van der Waals surface area contributed by atoms with Crippen LogP contribution in [0.4, 0.5) is 0 Å². The summed E-state index contributed by atoms with van der Waals surface area (Å²) in [7, 11) is 4.08. The van der Waals surface area contributed by atoms with E-state index in [1.165, 1.54) is 5.56 Å². The SMILES string of the molecule is CCOc1c(CC(C)C)cccc1-c1cccc(C(=O)N[C@H](CC(C)C)CN(C)C)c1. The van der Waals surface area contributed by atoms with Crippen molar-refractivity contribution in [3.05, 3.63) is 53.6 Å². The maximum atomic E-state index is 13.1. The fraction of sp³-hybridized carbons (Fsp3) is 0.519. The number of likely N-dealkylation sites (N-methyl/N-ethyl adjacent to an activating group) is 1. The summed E-state index contributed by atoms with van der Waals surface area (Å²) in [6.45, 7) is 12.3. The number of hydrogen-bond acceptors (Lipinski definition) is 3. The normalized spacial score (nSPS) is 12.5. The molecule has 2 aromatic rings. The molecule has 1 amide bonds. The Labute approximate surface area is 189 Å². The summed E-state index contributed by atoms with van der Waals surface area (Å²) in [6, 6.07) is 14.3. The van der Waals surface area contributed by atoms with Crippen molar-refractivity contribution in [1.82, 2.24) is 10.2 Å². The molecule has 0 aliphatic rings. The van der Waals surface area contributed by atoms with Crippen molar-refractivity contribution in [2.75, 3.05) is 27.2 Å². The molecule has 2 aromatic carbocycles. The Kier molecular flexibility index (Phi) is 9.57. The lowest BCUT2D eigenvalue weighted by atomic mass is 9.95. The van der Waals surface area contributed by atoms with Crippen molar-refractivity contribution in [2.45, 2.75) is 53.5 Å². The highest BCUT2D eigenvalue weighted by atomic mass is 16.5. The zero-order valence-electron chi connectivity index (χ0n) is 20.4. The molecule has 0 spiro atoms. The second-order valence-corrected chi connectivity index (χ2v) is 9.47. The number of benzene rings is 2. The molecule has 2 rings (SSSR count). The highest BCUT2D eigenvalue weighted by Gasteiger charge is 2.18. The summed E-state index contributed by atoms with van der Waals surface area (Å²) in [4.78, 5) is 15.2. The van der Waals surface area contributed by atoms with Gasteiger partial charge in [-0.05, 0) is 69.0 Å². The van der Waals surface area contributed by atoms with Gasteiger partial charge in [-0.15, -0.1) is 0 Å². The molecule has 0 radical (unpaired) electrons. The van der Waals surface area contributed by atoms with Crippen LogP contribution in [0.25, 0.3) is 11.1 Å². The molecule has 4 heteroatoms. The number of carbonyl (C=O) groups is 1. The van der Waals surface area contributed by atoms with E-state index in [0.717, 1.165) is 36.3 Å². The molecule has 0 bridgehead atoms. The van der Waals surface area contributed by atoms with E-state index in [0.29, 0.717) is 24.0 Å². The molecule has 1 atom stereocenters. The lowest BCUT2D eigenvalue weighted by molar-refractivity contribution is 0.0924. The van der Waals surface area contributed by atoms with Crippen LogP contribution >= 0.6 is 0 Å². The summed E-state index contributed by atoms with van der Waals surface area (Å²) in [5.41, 5.74) is 3.95. The average molecular weight is 425 g/mol. The van der Waals surface area contributed by atoms with Gasteiger partial charge in [-0.3, -0.25) is 4.79 Å². The largest absolute Gasteiger partial charge is 0.493 e. The number of nitrogens with one attached hydrogen (secondary N) is 1. The molecule has 0 unspecified atom stereocenters. The minimum atomic E-state index is -0.0226. The van der Waals surface area contributed by atoms with Gasteiger partial charge in [0, 0.05) is 23.7 Å². The fourth-order valence-electron chi connectivity index (χ4n) is 4.01. The maximum absolute atomic E-state index is 13.1. The Bertz CT molecular complexity index is 833. The van der Waals surface area contributed by atoms with Crippen LogP contribution in [-0.4, -0.2) is 44.1 Å². The van der Waals surface area contributed by atoms with Crippen LogP contribution in [-0.2, 0) is 6.42 Å². The Morgan fingerprint density at radius 3 is 2.35 bits per heavy atom. The number of amides is 1. The zero-order chi connectivity index (χ0) is 23.0. The quantitative estimate of drug-likeness (QED) is 0.506. The van der Waals surface area contributed by atoms with E-state index in [-0.39, 0.29) is 11.9 Å². The van der Waals surface area contributed by atoms with Crippen LogP contribution in [0.3, 0.4) is 0 Å². The van der Waals surface area contributed by atoms with Gasteiger partial charge < -0.3 is 15.0 Å². The summed E-state index contributed by atoms with van der Waals surface area (Å²) in [5, 5.41) is 3.24. The number of para-hydroxylation sites is 1. The van der Waals surface area contributed by atoms with Gasteiger partial charge in [0.15, 0.2) is 0 Å². The molecule has 0 saturated heterocycles. The van der Waals surface area contributed by atoms with Crippen molar-refractivity contribution in [3.63, 3.8) is 0 Å². The van der Waals surface area contributed by atoms with E-state index in [4.69, 9.17) is 4.74 Å². The van der Waals surface area contributed by atoms with E-state index >= 15 is 0 Å². The fourth-order valence-corrected chi connectivity index (χ4v) is 4.01. The average Bonchev–Trinajstić information content (AvgIpc) is 2.68. The summed E-state index contributed by atoms with van der Waals surface area (Å²) in [5.74, 6) is 1.97. The Balaban J connectivity index is 2.33. The van der Waals surface area contributed by atoms with E-state index in [1.807, 2.05) is 39.2 Å². The minimum absolute atomic E-state index is 0.0226. The van der Waals surface area contributed by atoms with Gasteiger partial charge >= 0.3 is 0 Å². The molecule has 0 heterocycles. The summed E-state index contributed by atoms with van der Waals surface area (Å²) >= 11 is 0. The van der Waals surface area contributed by atoms with Gasteiger partial charge in [0.1, 0.15) is 5.75 Å². The number of carbonyl (C=O) groups excluding carboxylic acids is 1. The Hall–Kier alpha value is -2.33. The lowest BCUT2D eigenvalue weighted by Crippen LogP contribution is -2.42. The van der Waals surface area contributed by atoms with E-state index in [9.17, 15) is 4.79 Å². The Morgan fingerprint density at radius 1 is 1.03 bits per heavy atom. The van der Waals surface area contributed by atoms with Crippen LogP contribution in [0.5, 0.6) is 5.75 Å². The molecule has 0 aromatic heterocycles. The van der Waals surface area contributed by atoms with Gasteiger partial charge in [0.25, 0.3) is 5.91 Å². The molecular formula is C27H40N2O2. The van der Waals surface area contributed by atoms with Crippen LogP contribution in [0.1, 0.15) is 57.0 Å². The van der Waals surface area contributed by atoms with E-state index in [1.54, 1.807) is 0 Å². The van der Waals surface area contributed by atoms with Crippen LogP contribution < -0.4 is 10.1 Å². The van der Waals surface area contributed by atoms with Gasteiger partial charge in [0.05, 0.1) is 6.61 Å². The summed E-state index contributed by atoms with van der Waals surface area (Å²) < 4.78 is 6.07. The smallest absolute Gasteiger partial charge is 0.251 e. The zero-order valence-corrected chi connectivity index (χ0v) is 20.4. The van der Waals surface area contributed by atoms with Gasteiger partial charge in [-0.1, -0.05) is 58.0 Å². The second-order valence-electron chi connectivity index (χ2n) is 9.47. The third-order valence-electron chi connectivity index (χ3n) is 5.13. The predicted molar refractivity (Wildman–Crippen MR) is 131 cm³/mol. The van der Waals surface area contributed by atoms with Crippen molar-refractivity contribution < 1.29 is 9.53 Å². The first kappa shape index (κ1) is 24.9. The molecule has 4 nitrogen and oxygen atoms in total. The first-order valence-electron chi connectivity index (χ1n) is 11.5. The van der Waals surface area contributed by atoms with Crippen LogP contribution in [0.2, 0.25) is 0 Å². The number of ether oxygens (including phenoxy) is 1. The minimum Gasteiger partial charge on any atom is -0.493 e. The standard InChI is InChI=1S/C27H40N2O2/c1-8-31-26-22(15-19(2)3)12-10-14-25(26)21-11-9-13-23(17-21)27(30)28-24(16-20(4)5)18-29(6)7/h9-14,17,19-20,24H,8,15-16,18H2,1-7H3,(H,28,30)/t24-/m1/s1. The number of rotatable bonds is 11. The highest BCUT2D eigenvalue weighted by Crippen LogP contribution is 2.35.